The van der Waals surface area contributed by atoms with Crippen LogP contribution < -0.4 is 21.5 Å². The lowest BCUT2D eigenvalue weighted by atomic mass is 9.81. The average molecular weight is 293 g/mol. The van der Waals surface area contributed by atoms with Crippen LogP contribution in [0.1, 0.15) is 37.0 Å². The number of benzene rings is 1. The molecule has 0 saturated heterocycles. The third-order valence-corrected chi connectivity index (χ3v) is 3.96. The van der Waals surface area contributed by atoms with Gasteiger partial charge in [0.25, 0.3) is 0 Å². The topological polar surface area (TPSA) is 107 Å². The molecule has 1 aromatic rings. The van der Waals surface area contributed by atoms with Crippen molar-refractivity contribution in [1.82, 2.24) is 0 Å². The minimum Gasteiger partial charge on any atom is -0.495 e. The second-order valence-electron chi connectivity index (χ2n) is 4.92. The molecule has 0 aliphatic carbocycles. The summed E-state index contributed by atoms with van der Waals surface area (Å²) >= 11 is 0. The van der Waals surface area contributed by atoms with Crippen LogP contribution in [0.5, 0.6) is 5.75 Å². The predicted octanol–water partition coefficient (Wildman–Crippen LogP) is 1.50. The molecule has 6 heteroatoms. The van der Waals surface area contributed by atoms with E-state index in [-0.39, 0.29) is 12.5 Å². The number of nitrogens with two attached hydrogens (primary N) is 2. The van der Waals surface area contributed by atoms with Crippen molar-refractivity contribution in [3.63, 3.8) is 0 Å². The zero-order valence-corrected chi connectivity index (χ0v) is 12.7. The number of primary amides is 1. The normalized spacial score (nSPS) is 11.0. The van der Waals surface area contributed by atoms with Gasteiger partial charge in [-0.2, -0.15) is 0 Å². The SMILES string of the molecule is CCC(CC)(CN)C(=O)Nc1cc(C(N)=O)ccc1OC. The predicted molar refractivity (Wildman–Crippen MR) is 82.2 cm³/mol. The van der Waals surface area contributed by atoms with Gasteiger partial charge in [0.2, 0.25) is 11.8 Å². The number of amides is 2. The minimum absolute atomic E-state index is 0.185. The third-order valence-electron chi connectivity index (χ3n) is 3.96. The van der Waals surface area contributed by atoms with E-state index >= 15 is 0 Å². The molecule has 0 unspecified atom stereocenters. The van der Waals surface area contributed by atoms with Crippen molar-refractivity contribution >= 4 is 17.5 Å². The quantitative estimate of drug-likeness (QED) is 0.708. The van der Waals surface area contributed by atoms with Crippen LogP contribution in [0, 0.1) is 5.41 Å². The number of ether oxygens (including phenoxy) is 1. The summed E-state index contributed by atoms with van der Waals surface area (Å²) in [5, 5.41) is 2.80. The summed E-state index contributed by atoms with van der Waals surface area (Å²) < 4.78 is 5.20. The highest BCUT2D eigenvalue weighted by atomic mass is 16.5. The van der Waals surface area contributed by atoms with E-state index in [1.54, 1.807) is 12.1 Å². The zero-order chi connectivity index (χ0) is 16.0. The molecule has 0 saturated carbocycles. The van der Waals surface area contributed by atoms with Gasteiger partial charge >= 0.3 is 0 Å². The van der Waals surface area contributed by atoms with E-state index < -0.39 is 11.3 Å². The highest BCUT2D eigenvalue weighted by Gasteiger charge is 2.33. The molecule has 0 heterocycles. The maximum atomic E-state index is 12.5. The summed E-state index contributed by atoms with van der Waals surface area (Å²) in [6.07, 6.45) is 1.26. The van der Waals surface area contributed by atoms with Crippen LogP contribution in [-0.4, -0.2) is 25.5 Å². The molecule has 5 N–H and O–H groups in total. The van der Waals surface area contributed by atoms with Crippen molar-refractivity contribution in [3.05, 3.63) is 23.8 Å². The van der Waals surface area contributed by atoms with Gasteiger partial charge in [-0.1, -0.05) is 13.8 Å². The molecule has 0 aliphatic heterocycles. The standard InChI is InChI=1S/C15H23N3O3/c1-4-15(5-2,9-16)14(20)18-11-8-10(13(17)19)6-7-12(11)21-3/h6-8H,4-5,9,16H2,1-3H3,(H2,17,19)(H,18,20). The summed E-state index contributed by atoms with van der Waals surface area (Å²) in [5.74, 6) is -0.286. The van der Waals surface area contributed by atoms with E-state index in [9.17, 15) is 9.59 Å². The van der Waals surface area contributed by atoms with Crippen molar-refractivity contribution in [2.75, 3.05) is 19.0 Å². The van der Waals surface area contributed by atoms with E-state index in [1.807, 2.05) is 13.8 Å². The maximum Gasteiger partial charge on any atom is 0.248 e. The van der Waals surface area contributed by atoms with Gasteiger partial charge < -0.3 is 21.5 Å². The monoisotopic (exact) mass is 293 g/mol. The molecular weight excluding hydrogens is 270 g/mol. The Hall–Kier alpha value is -2.08. The molecule has 0 fully saturated rings. The van der Waals surface area contributed by atoms with Crippen LogP contribution in [0.25, 0.3) is 0 Å². The number of hydrogen-bond donors (Lipinski definition) is 3. The molecule has 116 valence electrons. The van der Waals surface area contributed by atoms with Crippen molar-refractivity contribution in [2.45, 2.75) is 26.7 Å². The summed E-state index contributed by atoms with van der Waals surface area (Å²) in [6, 6.07) is 4.65. The first-order valence-electron chi connectivity index (χ1n) is 6.93. The Morgan fingerprint density at radius 1 is 1.29 bits per heavy atom. The zero-order valence-electron chi connectivity index (χ0n) is 12.7. The molecule has 0 bridgehead atoms. The highest BCUT2D eigenvalue weighted by molar-refractivity contribution is 5.99. The fourth-order valence-corrected chi connectivity index (χ4v) is 2.17. The summed E-state index contributed by atoms with van der Waals surface area (Å²) in [5.41, 5.74) is 11.1. The third kappa shape index (κ3) is 3.52. The van der Waals surface area contributed by atoms with Crippen LogP contribution in [0.4, 0.5) is 5.69 Å². The molecule has 0 radical (unpaired) electrons. The van der Waals surface area contributed by atoms with Gasteiger partial charge in [-0.05, 0) is 31.0 Å². The number of methoxy groups -OCH3 is 1. The lowest BCUT2D eigenvalue weighted by Gasteiger charge is -2.28. The molecule has 0 spiro atoms. The van der Waals surface area contributed by atoms with Gasteiger partial charge in [0.15, 0.2) is 0 Å². The maximum absolute atomic E-state index is 12.5. The Morgan fingerprint density at radius 3 is 2.33 bits per heavy atom. The Kier molecular flexibility index (Phi) is 5.72. The highest BCUT2D eigenvalue weighted by Crippen LogP contribution is 2.30. The molecule has 2 amide bonds. The van der Waals surface area contributed by atoms with Gasteiger partial charge in [-0.3, -0.25) is 9.59 Å². The van der Waals surface area contributed by atoms with Crippen LogP contribution in [0.2, 0.25) is 0 Å². The molecule has 6 nitrogen and oxygen atoms in total. The van der Waals surface area contributed by atoms with E-state index in [0.29, 0.717) is 29.8 Å². The van der Waals surface area contributed by atoms with Crippen LogP contribution in [-0.2, 0) is 4.79 Å². The number of anilines is 1. The molecule has 0 atom stereocenters. The summed E-state index contributed by atoms with van der Waals surface area (Å²) in [7, 11) is 1.49. The molecule has 21 heavy (non-hydrogen) atoms. The Labute approximate surface area is 124 Å². The largest absolute Gasteiger partial charge is 0.495 e. The lowest BCUT2D eigenvalue weighted by molar-refractivity contribution is -0.125. The Bertz CT molecular complexity index is 517. The Balaban J connectivity index is 3.13. The Morgan fingerprint density at radius 2 is 1.90 bits per heavy atom. The number of carbonyl (C=O) groups is 2. The van der Waals surface area contributed by atoms with E-state index in [0.717, 1.165) is 0 Å². The number of hydrogen-bond acceptors (Lipinski definition) is 4. The van der Waals surface area contributed by atoms with Crippen LogP contribution in [0.3, 0.4) is 0 Å². The molecular formula is C15H23N3O3. The summed E-state index contributed by atoms with van der Waals surface area (Å²) in [6.45, 7) is 4.10. The van der Waals surface area contributed by atoms with Crippen molar-refractivity contribution in [3.8, 4) is 5.75 Å². The fourth-order valence-electron chi connectivity index (χ4n) is 2.17. The van der Waals surface area contributed by atoms with Crippen LogP contribution >= 0.6 is 0 Å². The van der Waals surface area contributed by atoms with Gasteiger partial charge in [0.05, 0.1) is 18.2 Å². The second kappa shape index (κ2) is 7.08. The first-order chi connectivity index (χ1) is 9.93. The fraction of sp³-hybridized carbons (Fsp3) is 0.467. The molecule has 1 rings (SSSR count). The summed E-state index contributed by atoms with van der Waals surface area (Å²) in [4.78, 5) is 23.8. The van der Waals surface area contributed by atoms with Crippen molar-refractivity contribution in [1.29, 1.82) is 0 Å². The van der Waals surface area contributed by atoms with E-state index in [4.69, 9.17) is 16.2 Å². The average Bonchev–Trinajstić information content (AvgIpc) is 2.49. The van der Waals surface area contributed by atoms with Crippen molar-refractivity contribution < 1.29 is 14.3 Å². The van der Waals surface area contributed by atoms with Gasteiger partial charge in [-0.15, -0.1) is 0 Å². The van der Waals surface area contributed by atoms with E-state index in [2.05, 4.69) is 5.32 Å². The molecule has 0 aliphatic rings. The van der Waals surface area contributed by atoms with Gasteiger partial charge in [0.1, 0.15) is 5.75 Å². The van der Waals surface area contributed by atoms with Crippen molar-refractivity contribution in [2.24, 2.45) is 16.9 Å². The molecule has 0 aromatic heterocycles. The minimum atomic E-state index is -0.631. The molecule has 1 aromatic carbocycles. The first kappa shape index (κ1) is 17.0. The smallest absolute Gasteiger partial charge is 0.248 e. The first-order valence-corrected chi connectivity index (χ1v) is 6.93. The number of carbonyl (C=O) groups excluding carboxylic acids is 2. The van der Waals surface area contributed by atoms with Crippen LogP contribution in [0.15, 0.2) is 18.2 Å². The van der Waals surface area contributed by atoms with E-state index in [1.165, 1.54) is 13.2 Å². The van der Waals surface area contributed by atoms with Gasteiger partial charge in [0, 0.05) is 12.1 Å². The number of rotatable bonds is 7. The second-order valence-corrected chi connectivity index (χ2v) is 4.92. The van der Waals surface area contributed by atoms with Gasteiger partial charge in [-0.25, -0.2) is 0 Å². The lowest BCUT2D eigenvalue weighted by Crippen LogP contribution is -2.41. The number of nitrogens with one attached hydrogen (secondary N) is 1.